The Bertz CT molecular complexity index is 545. The molecule has 1 aliphatic rings. The topological polar surface area (TPSA) is 47.3 Å². The molecule has 15 heavy (non-hydrogen) atoms. The smallest absolute Gasteiger partial charge is 0.165 e. The fraction of sp³-hybridized carbons (Fsp3) is 0.300. The van der Waals surface area contributed by atoms with Crippen LogP contribution in [0.2, 0.25) is 0 Å². The predicted octanol–water partition coefficient (Wildman–Crippen LogP) is 2.18. The highest BCUT2D eigenvalue weighted by molar-refractivity contribution is 9.10. The van der Waals surface area contributed by atoms with Crippen molar-refractivity contribution < 1.29 is 4.79 Å². The second-order valence-electron chi connectivity index (χ2n) is 3.73. The third kappa shape index (κ3) is 1.38. The van der Waals surface area contributed by atoms with Gasteiger partial charge in [0.2, 0.25) is 0 Å². The minimum Gasteiger partial charge on any atom is -0.298 e. The fourth-order valence-electron chi connectivity index (χ4n) is 1.72. The highest BCUT2D eigenvalue weighted by Gasteiger charge is 2.30. The number of fused-ring (bicyclic) bond motifs is 1. The van der Waals surface area contributed by atoms with E-state index in [0.717, 1.165) is 29.3 Å². The number of halogens is 1. The van der Waals surface area contributed by atoms with Crippen LogP contribution in [-0.2, 0) is 0 Å². The standard InChI is InChI=1S/C10H8BrN3O/c11-7-3-12-10-8(5-15)9(6-1-2-6)13-14(10)4-7/h3-6H,1-2H2. The number of aldehydes is 1. The SMILES string of the molecule is O=Cc1c(C2CC2)nn2cc(Br)cnc12. The Balaban J connectivity index is 2.31. The van der Waals surface area contributed by atoms with Crippen LogP contribution in [0.3, 0.4) is 0 Å². The van der Waals surface area contributed by atoms with Gasteiger partial charge in [0.15, 0.2) is 11.9 Å². The van der Waals surface area contributed by atoms with Crippen LogP contribution < -0.4 is 0 Å². The van der Waals surface area contributed by atoms with Crippen molar-refractivity contribution in [3.8, 4) is 0 Å². The van der Waals surface area contributed by atoms with Crippen molar-refractivity contribution in [1.82, 2.24) is 14.6 Å². The summed E-state index contributed by atoms with van der Waals surface area (Å²) in [5.41, 5.74) is 2.19. The Labute approximate surface area is 94.4 Å². The van der Waals surface area contributed by atoms with E-state index in [2.05, 4.69) is 26.0 Å². The van der Waals surface area contributed by atoms with Gasteiger partial charge in [0, 0.05) is 18.3 Å². The molecule has 4 nitrogen and oxygen atoms in total. The maximum atomic E-state index is 11.0. The molecule has 3 rings (SSSR count). The van der Waals surface area contributed by atoms with Crippen molar-refractivity contribution in [2.24, 2.45) is 0 Å². The van der Waals surface area contributed by atoms with Gasteiger partial charge < -0.3 is 0 Å². The van der Waals surface area contributed by atoms with Crippen molar-refractivity contribution in [3.05, 3.63) is 28.1 Å². The maximum Gasteiger partial charge on any atom is 0.165 e. The molecule has 1 aliphatic carbocycles. The number of carbonyl (C=O) groups excluding carboxylic acids is 1. The van der Waals surface area contributed by atoms with Gasteiger partial charge in [-0.1, -0.05) is 0 Å². The summed E-state index contributed by atoms with van der Waals surface area (Å²) < 4.78 is 2.53. The van der Waals surface area contributed by atoms with Crippen molar-refractivity contribution in [3.63, 3.8) is 0 Å². The van der Waals surface area contributed by atoms with Gasteiger partial charge in [-0.15, -0.1) is 0 Å². The van der Waals surface area contributed by atoms with Gasteiger partial charge in [0.1, 0.15) is 0 Å². The van der Waals surface area contributed by atoms with Crippen LogP contribution in [0.5, 0.6) is 0 Å². The molecule has 2 heterocycles. The van der Waals surface area contributed by atoms with E-state index in [-0.39, 0.29) is 0 Å². The second kappa shape index (κ2) is 3.13. The first kappa shape index (κ1) is 9.03. The van der Waals surface area contributed by atoms with Gasteiger partial charge in [-0.2, -0.15) is 5.10 Å². The Morgan fingerprint density at radius 1 is 1.53 bits per heavy atom. The molecule has 1 saturated carbocycles. The molecule has 76 valence electrons. The minimum atomic E-state index is 0.464. The summed E-state index contributed by atoms with van der Waals surface area (Å²) in [6.07, 6.45) is 6.62. The number of nitrogens with zero attached hydrogens (tertiary/aromatic N) is 3. The van der Waals surface area contributed by atoms with E-state index in [1.54, 1.807) is 10.7 Å². The molecule has 0 unspecified atom stereocenters. The largest absolute Gasteiger partial charge is 0.298 e. The first-order valence-corrected chi connectivity index (χ1v) is 5.58. The van der Waals surface area contributed by atoms with Gasteiger partial charge in [0.25, 0.3) is 0 Å². The minimum absolute atomic E-state index is 0.464. The Morgan fingerprint density at radius 2 is 2.33 bits per heavy atom. The van der Waals surface area contributed by atoms with Crippen molar-refractivity contribution in [2.45, 2.75) is 18.8 Å². The molecular weight excluding hydrogens is 258 g/mol. The molecule has 1 fully saturated rings. The molecular formula is C10H8BrN3O. The molecule has 0 saturated heterocycles. The van der Waals surface area contributed by atoms with Gasteiger partial charge in [-0.05, 0) is 28.8 Å². The number of hydrogen-bond acceptors (Lipinski definition) is 3. The van der Waals surface area contributed by atoms with Crippen LogP contribution in [0.15, 0.2) is 16.9 Å². The molecule has 2 aromatic rings. The molecule has 2 aromatic heterocycles. The molecule has 5 heteroatoms. The zero-order valence-electron chi connectivity index (χ0n) is 7.85. The molecule has 0 spiro atoms. The van der Waals surface area contributed by atoms with Crippen LogP contribution in [0.25, 0.3) is 5.65 Å². The van der Waals surface area contributed by atoms with Crippen LogP contribution in [0.4, 0.5) is 0 Å². The Kier molecular flexibility index (Phi) is 1.88. The van der Waals surface area contributed by atoms with E-state index in [4.69, 9.17) is 0 Å². The van der Waals surface area contributed by atoms with E-state index in [0.29, 0.717) is 17.1 Å². The van der Waals surface area contributed by atoms with E-state index in [1.165, 1.54) is 0 Å². The molecule has 0 aromatic carbocycles. The quantitative estimate of drug-likeness (QED) is 0.783. The predicted molar refractivity (Wildman–Crippen MR) is 58.0 cm³/mol. The number of carbonyl (C=O) groups is 1. The normalized spacial score (nSPS) is 15.8. The van der Waals surface area contributed by atoms with Crippen molar-refractivity contribution in [2.75, 3.05) is 0 Å². The summed E-state index contributed by atoms with van der Waals surface area (Å²) in [5.74, 6) is 0.464. The zero-order chi connectivity index (χ0) is 10.4. The second-order valence-corrected chi connectivity index (χ2v) is 4.65. The summed E-state index contributed by atoms with van der Waals surface area (Å²) in [6.45, 7) is 0. The van der Waals surface area contributed by atoms with Crippen LogP contribution in [0.1, 0.15) is 34.8 Å². The monoisotopic (exact) mass is 265 g/mol. The number of rotatable bonds is 2. The molecule has 0 aliphatic heterocycles. The number of hydrogen-bond donors (Lipinski definition) is 0. The van der Waals surface area contributed by atoms with E-state index >= 15 is 0 Å². The lowest BCUT2D eigenvalue weighted by atomic mass is 10.2. The van der Waals surface area contributed by atoms with Gasteiger partial charge in [-0.25, -0.2) is 9.50 Å². The highest BCUT2D eigenvalue weighted by atomic mass is 79.9. The molecule has 0 radical (unpaired) electrons. The van der Waals surface area contributed by atoms with Gasteiger partial charge >= 0.3 is 0 Å². The molecule has 0 N–H and O–H groups in total. The zero-order valence-corrected chi connectivity index (χ0v) is 9.44. The third-order valence-electron chi connectivity index (χ3n) is 2.59. The van der Waals surface area contributed by atoms with Crippen LogP contribution in [-0.4, -0.2) is 20.9 Å². The summed E-state index contributed by atoms with van der Waals surface area (Å²) in [5, 5.41) is 4.40. The van der Waals surface area contributed by atoms with Crippen LogP contribution in [0, 0.1) is 0 Å². The lowest BCUT2D eigenvalue weighted by Gasteiger charge is -1.92. The van der Waals surface area contributed by atoms with Gasteiger partial charge in [-0.3, -0.25) is 4.79 Å². The molecule has 0 amide bonds. The lowest BCUT2D eigenvalue weighted by Crippen LogP contribution is -1.89. The Hall–Kier alpha value is -1.23. The average Bonchev–Trinajstić information content (AvgIpc) is 2.99. The van der Waals surface area contributed by atoms with Crippen molar-refractivity contribution in [1.29, 1.82) is 0 Å². The summed E-state index contributed by atoms with van der Waals surface area (Å²) in [7, 11) is 0. The first-order valence-electron chi connectivity index (χ1n) is 4.78. The fourth-order valence-corrected chi connectivity index (χ4v) is 2.01. The third-order valence-corrected chi connectivity index (χ3v) is 3.00. The van der Waals surface area contributed by atoms with E-state index in [1.807, 2.05) is 6.20 Å². The molecule has 0 bridgehead atoms. The lowest BCUT2D eigenvalue weighted by molar-refractivity contribution is 0.112. The maximum absolute atomic E-state index is 11.0. The summed E-state index contributed by atoms with van der Waals surface area (Å²) in [4.78, 5) is 15.2. The highest BCUT2D eigenvalue weighted by Crippen LogP contribution is 2.41. The average molecular weight is 266 g/mol. The van der Waals surface area contributed by atoms with Gasteiger partial charge in [0.05, 0.1) is 15.7 Å². The van der Waals surface area contributed by atoms with E-state index < -0.39 is 0 Å². The first-order chi connectivity index (χ1) is 7.29. The number of aromatic nitrogens is 3. The summed E-state index contributed by atoms with van der Waals surface area (Å²) >= 11 is 3.33. The van der Waals surface area contributed by atoms with Crippen molar-refractivity contribution >= 4 is 27.9 Å². The molecule has 0 atom stereocenters. The summed E-state index contributed by atoms with van der Waals surface area (Å²) in [6, 6.07) is 0. The van der Waals surface area contributed by atoms with E-state index in [9.17, 15) is 4.79 Å². The Morgan fingerprint density at radius 3 is 3.00 bits per heavy atom. The van der Waals surface area contributed by atoms with Crippen LogP contribution >= 0.6 is 15.9 Å².